The molecule has 0 radical (unpaired) electrons. The Bertz CT molecular complexity index is 533. The molecule has 1 aromatic carbocycles. The summed E-state index contributed by atoms with van der Waals surface area (Å²) in [6, 6.07) is 7.35. The van der Waals surface area contributed by atoms with Crippen molar-refractivity contribution in [2.75, 3.05) is 7.11 Å². The van der Waals surface area contributed by atoms with Crippen molar-refractivity contribution in [1.29, 1.82) is 0 Å². The first-order valence-corrected chi connectivity index (χ1v) is 5.75. The van der Waals surface area contributed by atoms with E-state index in [4.69, 9.17) is 4.74 Å². The van der Waals surface area contributed by atoms with Gasteiger partial charge in [0.15, 0.2) is 0 Å². The van der Waals surface area contributed by atoms with E-state index in [1.54, 1.807) is 19.2 Å². The fourth-order valence-corrected chi connectivity index (χ4v) is 1.71. The van der Waals surface area contributed by atoms with Gasteiger partial charge in [0.1, 0.15) is 5.75 Å². The molecule has 2 rings (SSSR count). The molecule has 0 unspecified atom stereocenters. The molecular weight excluding hydrogens is 228 g/mol. The molecule has 1 amide bonds. The van der Waals surface area contributed by atoms with E-state index in [0.29, 0.717) is 12.1 Å². The number of carbonyl (C=O) groups is 1. The molecule has 0 spiro atoms. The Balaban J connectivity index is 2.04. The number of aromatic amines is 1. The second kappa shape index (κ2) is 5.40. The average Bonchev–Trinajstić information content (AvgIpc) is 2.89. The highest BCUT2D eigenvalue weighted by molar-refractivity contribution is 5.94. The minimum atomic E-state index is -0.102. The number of aromatic nitrogens is 1. The summed E-state index contributed by atoms with van der Waals surface area (Å²) < 4.78 is 5.20. The summed E-state index contributed by atoms with van der Waals surface area (Å²) in [5.41, 5.74) is 2.66. The van der Waals surface area contributed by atoms with Crippen molar-refractivity contribution in [2.24, 2.45) is 0 Å². The molecule has 2 aromatic rings. The first-order valence-electron chi connectivity index (χ1n) is 5.75. The number of aryl methyl sites for hydroxylation is 1. The maximum atomic E-state index is 11.9. The molecule has 94 valence electrons. The van der Waals surface area contributed by atoms with Crippen molar-refractivity contribution in [3.8, 4) is 5.75 Å². The SMILES string of the molecule is COc1cc(C(=O)NCc2cc[nH]c2)ccc1C. The van der Waals surface area contributed by atoms with E-state index in [-0.39, 0.29) is 5.91 Å². The van der Waals surface area contributed by atoms with Crippen LogP contribution in [0.4, 0.5) is 0 Å². The number of carbonyl (C=O) groups excluding carboxylic acids is 1. The molecule has 1 heterocycles. The predicted molar refractivity (Wildman–Crippen MR) is 69.7 cm³/mol. The Morgan fingerprint density at radius 2 is 2.22 bits per heavy atom. The number of rotatable bonds is 4. The van der Waals surface area contributed by atoms with Gasteiger partial charge in [0.25, 0.3) is 5.91 Å². The highest BCUT2D eigenvalue weighted by Crippen LogP contribution is 2.18. The van der Waals surface area contributed by atoms with E-state index < -0.39 is 0 Å². The van der Waals surface area contributed by atoms with Crippen molar-refractivity contribution in [2.45, 2.75) is 13.5 Å². The van der Waals surface area contributed by atoms with E-state index >= 15 is 0 Å². The molecule has 0 atom stereocenters. The first-order chi connectivity index (χ1) is 8.70. The molecule has 0 saturated carbocycles. The molecule has 1 aromatic heterocycles. The standard InChI is InChI=1S/C14H16N2O2/c1-10-3-4-12(7-13(10)18-2)14(17)16-9-11-5-6-15-8-11/h3-8,15H,9H2,1-2H3,(H,16,17). The van der Waals surface area contributed by atoms with Gasteiger partial charge in [-0.15, -0.1) is 0 Å². The zero-order valence-corrected chi connectivity index (χ0v) is 10.5. The number of methoxy groups -OCH3 is 1. The summed E-state index contributed by atoms with van der Waals surface area (Å²) in [6.45, 7) is 2.46. The monoisotopic (exact) mass is 244 g/mol. The van der Waals surface area contributed by atoms with Crippen LogP contribution in [-0.4, -0.2) is 18.0 Å². The fourth-order valence-electron chi connectivity index (χ4n) is 1.71. The number of ether oxygens (including phenoxy) is 1. The third-order valence-corrected chi connectivity index (χ3v) is 2.79. The molecular formula is C14H16N2O2. The lowest BCUT2D eigenvalue weighted by atomic mass is 10.1. The second-order valence-corrected chi connectivity index (χ2v) is 4.09. The molecule has 4 heteroatoms. The largest absolute Gasteiger partial charge is 0.496 e. The van der Waals surface area contributed by atoms with Gasteiger partial charge in [-0.1, -0.05) is 6.07 Å². The summed E-state index contributed by atoms with van der Waals surface area (Å²) in [4.78, 5) is 14.9. The zero-order chi connectivity index (χ0) is 13.0. The summed E-state index contributed by atoms with van der Waals surface area (Å²) in [5.74, 6) is 0.624. The summed E-state index contributed by atoms with van der Waals surface area (Å²) >= 11 is 0. The summed E-state index contributed by atoms with van der Waals surface area (Å²) in [5, 5.41) is 2.86. The maximum absolute atomic E-state index is 11.9. The second-order valence-electron chi connectivity index (χ2n) is 4.09. The van der Waals surface area contributed by atoms with Crippen LogP contribution in [-0.2, 0) is 6.54 Å². The van der Waals surface area contributed by atoms with E-state index in [1.165, 1.54) is 0 Å². The fraction of sp³-hybridized carbons (Fsp3) is 0.214. The minimum Gasteiger partial charge on any atom is -0.496 e. The lowest BCUT2D eigenvalue weighted by Crippen LogP contribution is -2.22. The molecule has 0 aliphatic carbocycles. The van der Waals surface area contributed by atoms with E-state index in [1.807, 2.05) is 31.5 Å². The number of hydrogen-bond donors (Lipinski definition) is 2. The topological polar surface area (TPSA) is 54.1 Å². The van der Waals surface area contributed by atoms with Crippen LogP contribution in [0.5, 0.6) is 5.75 Å². The molecule has 0 aliphatic heterocycles. The number of amides is 1. The Labute approximate surface area is 106 Å². The molecule has 0 fully saturated rings. The zero-order valence-electron chi connectivity index (χ0n) is 10.5. The van der Waals surface area contributed by atoms with Gasteiger partial charge in [-0.3, -0.25) is 4.79 Å². The lowest BCUT2D eigenvalue weighted by Gasteiger charge is -2.08. The molecule has 0 bridgehead atoms. The number of nitrogens with one attached hydrogen (secondary N) is 2. The van der Waals surface area contributed by atoms with E-state index in [0.717, 1.165) is 16.9 Å². The Hall–Kier alpha value is -2.23. The minimum absolute atomic E-state index is 0.102. The van der Waals surface area contributed by atoms with Crippen LogP contribution in [0.15, 0.2) is 36.7 Å². The molecule has 0 aliphatic rings. The van der Waals surface area contributed by atoms with Gasteiger partial charge in [-0.2, -0.15) is 0 Å². The Kier molecular flexibility index (Phi) is 3.67. The smallest absolute Gasteiger partial charge is 0.251 e. The summed E-state index contributed by atoms with van der Waals surface area (Å²) in [7, 11) is 1.60. The first kappa shape index (κ1) is 12.2. The predicted octanol–water partition coefficient (Wildman–Crippen LogP) is 2.26. The van der Waals surface area contributed by atoms with Crippen molar-refractivity contribution in [3.05, 3.63) is 53.3 Å². The number of hydrogen-bond acceptors (Lipinski definition) is 2. The van der Waals surface area contributed by atoms with Crippen LogP contribution < -0.4 is 10.1 Å². The van der Waals surface area contributed by atoms with Gasteiger partial charge in [0.2, 0.25) is 0 Å². The van der Waals surface area contributed by atoms with E-state index in [9.17, 15) is 4.79 Å². The van der Waals surface area contributed by atoms with Gasteiger partial charge >= 0.3 is 0 Å². The Morgan fingerprint density at radius 1 is 1.39 bits per heavy atom. The molecule has 0 saturated heterocycles. The number of H-pyrrole nitrogens is 1. The van der Waals surface area contributed by atoms with Crippen LogP contribution in [0.1, 0.15) is 21.5 Å². The molecule has 18 heavy (non-hydrogen) atoms. The normalized spacial score (nSPS) is 10.1. The van der Waals surface area contributed by atoms with Crippen LogP contribution in [0.3, 0.4) is 0 Å². The van der Waals surface area contributed by atoms with Gasteiger partial charge < -0.3 is 15.0 Å². The van der Waals surface area contributed by atoms with Crippen molar-refractivity contribution < 1.29 is 9.53 Å². The average molecular weight is 244 g/mol. The van der Waals surface area contributed by atoms with Gasteiger partial charge in [-0.05, 0) is 36.2 Å². The van der Waals surface area contributed by atoms with Crippen molar-refractivity contribution in [1.82, 2.24) is 10.3 Å². The maximum Gasteiger partial charge on any atom is 0.251 e. The van der Waals surface area contributed by atoms with Crippen LogP contribution >= 0.6 is 0 Å². The third-order valence-electron chi connectivity index (χ3n) is 2.79. The van der Waals surface area contributed by atoms with Crippen LogP contribution in [0.25, 0.3) is 0 Å². The van der Waals surface area contributed by atoms with Crippen molar-refractivity contribution >= 4 is 5.91 Å². The lowest BCUT2D eigenvalue weighted by molar-refractivity contribution is 0.0950. The highest BCUT2D eigenvalue weighted by Gasteiger charge is 2.08. The van der Waals surface area contributed by atoms with Gasteiger partial charge in [-0.25, -0.2) is 0 Å². The quantitative estimate of drug-likeness (QED) is 0.866. The van der Waals surface area contributed by atoms with Crippen LogP contribution in [0, 0.1) is 6.92 Å². The van der Waals surface area contributed by atoms with Gasteiger partial charge in [0, 0.05) is 24.5 Å². The van der Waals surface area contributed by atoms with Crippen molar-refractivity contribution in [3.63, 3.8) is 0 Å². The number of benzene rings is 1. The third kappa shape index (κ3) is 2.71. The molecule has 4 nitrogen and oxygen atoms in total. The van der Waals surface area contributed by atoms with E-state index in [2.05, 4.69) is 10.3 Å². The molecule has 2 N–H and O–H groups in total. The van der Waals surface area contributed by atoms with Gasteiger partial charge in [0.05, 0.1) is 7.11 Å². The summed E-state index contributed by atoms with van der Waals surface area (Å²) in [6.07, 6.45) is 3.69. The highest BCUT2D eigenvalue weighted by atomic mass is 16.5. The Morgan fingerprint density at radius 3 is 2.89 bits per heavy atom. The van der Waals surface area contributed by atoms with Crippen LogP contribution in [0.2, 0.25) is 0 Å².